The van der Waals surface area contributed by atoms with Gasteiger partial charge in [0.2, 0.25) is 11.8 Å². The number of carbonyl (C=O) groups is 2. The molecule has 2 heterocycles. The van der Waals surface area contributed by atoms with E-state index in [0.717, 1.165) is 36.3 Å². The first-order valence-electron chi connectivity index (χ1n) is 7.95. The summed E-state index contributed by atoms with van der Waals surface area (Å²) in [6, 6.07) is 6.26. The molecule has 2 N–H and O–H groups in total. The molecule has 2 aliphatic rings. The summed E-state index contributed by atoms with van der Waals surface area (Å²) in [5.41, 5.74) is 3.17. The summed E-state index contributed by atoms with van der Waals surface area (Å²) in [6.45, 7) is 6.39. The van der Waals surface area contributed by atoms with Crippen LogP contribution in [-0.2, 0) is 9.59 Å². The topological polar surface area (TPSA) is 61.4 Å². The number of carbonyl (C=O) groups excluding carboxylic acids is 2. The van der Waals surface area contributed by atoms with Crippen LogP contribution in [0.15, 0.2) is 18.2 Å². The highest BCUT2D eigenvalue weighted by molar-refractivity contribution is 6.09. The van der Waals surface area contributed by atoms with Gasteiger partial charge in [-0.15, -0.1) is 12.4 Å². The minimum Gasteiger partial charge on any atom is -0.351 e. The lowest BCUT2D eigenvalue weighted by atomic mass is 10.1. The Balaban J connectivity index is 0.00000192. The first-order valence-corrected chi connectivity index (χ1v) is 7.95. The van der Waals surface area contributed by atoms with Gasteiger partial charge in [-0.3, -0.25) is 9.59 Å². The molecule has 0 spiro atoms. The second-order valence-corrected chi connectivity index (χ2v) is 6.38. The molecule has 2 atom stereocenters. The maximum Gasteiger partial charge on any atom is 0.239 e. The van der Waals surface area contributed by atoms with Gasteiger partial charge in [0.1, 0.15) is 5.92 Å². The number of hydrogen-bond acceptors (Lipinski definition) is 3. The third-order valence-corrected chi connectivity index (χ3v) is 4.45. The van der Waals surface area contributed by atoms with Crippen LogP contribution in [0.3, 0.4) is 0 Å². The van der Waals surface area contributed by atoms with Gasteiger partial charge in [-0.05, 0) is 56.5 Å². The van der Waals surface area contributed by atoms with Crippen molar-refractivity contribution in [2.45, 2.75) is 32.7 Å². The van der Waals surface area contributed by atoms with Crippen LogP contribution < -0.4 is 15.5 Å². The van der Waals surface area contributed by atoms with E-state index in [0.29, 0.717) is 13.0 Å². The van der Waals surface area contributed by atoms with E-state index in [1.807, 2.05) is 26.0 Å². The molecule has 0 bridgehead atoms. The number of hydrogen-bond donors (Lipinski definition) is 2. The Hall–Kier alpha value is -1.59. The monoisotopic (exact) mass is 337 g/mol. The molecular weight excluding hydrogens is 314 g/mol. The van der Waals surface area contributed by atoms with Crippen LogP contribution in [-0.4, -0.2) is 37.5 Å². The summed E-state index contributed by atoms with van der Waals surface area (Å²) in [5, 5.41) is 6.21. The molecular formula is C17H24ClN3O2. The van der Waals surface area contributed by atoms with Crippen molar-refractivity contribution in [2.75, 3.05) is 24.5 Å². The molecule has 2 saturated heterocycles. The van der Waals surface area contributed by atoms with E-state index < -0.39 is 5.92 Å². The minimum absolute atomic E-state index is 0. The van der Waals surface area contributed by atoms with Crippen molar-refractivity contribution in [1.29, 1.82) is 0 Å². The smallest absolute Gasteiger partial charge is 0.239 e. The van der Waals surface area contributed by atoms with E-state index in [2.05, 4.69) is 16.7 Å². The number of nitrogens with zero attached hydrogens (tertiary/aromatic N) is 1. The van der Waals surface area contributed by atoms with E-state index in [-0.39, 0.29) is 30.3 Å². The standard InChI is InChI=1S/C17H23N3O2.ClH/c1-11-7-12(2)9-14(8-11)20-6-4-15(17(20)22)16(21)19-13-3-5-18-10-13;/h7-9,13,15,18H,3-6,10H2,1-2H3,(H,19,21);1H. The molecule has 1 aromatic rings. The molecule has 2 aliphatic heterocycles. The number of benzene rings is 1. The highest BCUT2D eigenvalue weighted by Gasteiger charge is 2.38. The average molecular weight is 338 g/mol. The lowest BCUT2D eigenvalue weighted by molar-refractivity contribution is -0.132. The van der Waals surface area contributed by atoms with Crippen LogP contribution in [0.5, 0.6) is 0 Å². The van der Waals surface area contributed by atoms with E-state index in [1.165, 1.54) is 0 Å². The molecule has 0 saturated carbocycles. The number of nitrogens with one attached hydrogen (secondary N) is 2. The van der Waals surface area contributed by atoms with E-state index in [9.17, 15) is 9.59 Å². The van der Waals surface area contributed by atoms with Crippen molar-refractivity contribution >= 4 is 29.9 Å². The molecule has 5 nitrogen and oxygen atoms in total. The summed E-state index contributed by atoms with van der Waals surface area (Å²) in [7, 11) is 0. The van der Waals surface area contributed by atoms with Gasteiger partial charge >= 0.3 is 0 Å². The van der Waals surface area contributed by atoms with Crippen molar-refractivity contribution in [2.24, 2.45) is 5.92 Å². The normalized spacial score (nSPS) is 23.7. The highest BCUT2D eigenvalue weighted by Crippen LogP contribution is 2.27. The second kappa shape index (κ2) is 7.32. The molecule has 2 fully saturated rings. The quantitative estimate of drug-likeness (QED) is 0.823. The van der Waals surface area contributed by atoms with Crippen LogP contribution in [0.2, 0.25) is 0 Å². The SMILES string of the molecule is Cc1cc(C)cc(N2CCC(C(=O)NC3CCNC3)C2=O)c1.Cl. The Bertz CT molecular complexity index is 579. The Labute approximate surface area is 143 Å². The number of aryl methyl sites for hydroxylation is 2. The Morgan fingerprint density at radius 3 is 2.52 bits per heavy atom. The third-order valence-electron chi connectivity index (χ3n) is 4.45. The van der Waals surface area contributed by atoms with Gasteiger partial charge in [0, 0.05) is 24.8 Å². The fraction of sp³-hybridized carbons (Fsp3) is 0.529. The lowest BCUT2D eigenvalue weighted by Crippen LogP contribution is -2.42. The average Bonchev–Trinajstić information content (AvgIpc) is 3.07. The van der Waals surface area contributed by atoms with Crippen molar-refractivity contribution < 1.29 is 9.59 Å². The van der Waals surface area contributed by atoms with Crippen LogP contribution >= 0.6 is 12.4 Å². The molecule has 2 unspecified atom stereocenters. The van der Waals surface area contributed by atoms with Gasteiger partial charge in [0.05, 0.1) is 0 Å². The maximum absolute atomic E-state index is 12.6. The van der Waals surface area contributed by atoms with Gasteiger partial charge in [-0.1, -0.05) is 6.07 Å². The number of anilines is 1. The summed E-state index contributed by atoms with van der Waals surface area (Å²) in [5.74, 6) is -0.736. The summed E-state index contributed by atoms with van der Waals surface area (Å²) >= 11 is 0. The van der Waals surface area contributed by atoms with Gasteiger partial charge < -0.3 is 15.5 Å². The molecule has 6 heteroatoms. The zero-order valence-corrected chi connectivity index (χ0v) is 14.4. The number of rotatable bonds is 3. The van der Waals surface area contributed by atoms with Gasteiger partial charge in [0.25, 0.3) is 0 Å². The minimum atomic E-state index is -0.540. The van der Waals surface area contributed by atoms with E-state index >= 15 is 0 Å². The molecule has 0 aliphatic carbocycles. The Morgan fingerprint density at radius 1 is 1.22 bits per heavy atom. The van der Waals surface area contributed by atoms with Crippen LogP contribution in [0.4, 0.5) is 5.69 Å². The van der Waals surface area contributed by atoms with E-state index in [4.69, 9.17) is 0 Å². The molecule has 0 aromatic heterocycles. The zero-order valence-electron chi connectivity index (χ0n) is 13.6. The van der Waals surface area contributed by atoms with Crippen molar-refractivity contribution in [3.8, 4) is 0 Å². The van der Waals surface area contributed by atoms with Gasteiger partial charge in [-0.25, -0.2) is 0 Å². The largest absolute Gasteiger partial charge is 0.351 e. The first-order chi connectivity index (χ1) is 10.5. The molecule has 0 radical (unpaired) electrons. The van der Waals surface area contributed by atoms with Crippen molar-refractivity contribution in [3.05, 3.63) is 29.3 Å². The summed E-state index contributed by atoms with van der Waals surface area (Å²) < 4.78 is 0. The first kappa shape index (κ1) is 17.8. The molecule has 126 valence electrons. The van der Waals surface area contributed by atoms with Crippen molar-refractivity contribution in [1.82, 2.24) is 10.6 Å². The van der Waals surface area contributed by atoms with Crippen LogP contribution in [0.25, 0.3) is 0 Å². The summed E-state index contributed by atoms with van der Waals surface area (Å²) in [6.07, 6.45) is 1.53. The number of amides is 2. The maximum atomic E-state index is 12.6. The van der Waals surface area contributed by atoms with Crippen molar-refractivity contribution in [3.63, 3.8) is 0 Å². The van der Waals surface area contributed by atoms with Crippen LogP contribution in [0, 0.1) is 19.8 Å². The predicted octanol–water partition coefficient (Wildman–Crippen LogP) is 1.56. The lowest BCUT2D eigenvalue weighted by Gasteiger charge is -2.19. The predicted molar refractivity (Wildman–Crippen MR) is 93.0 cm³/mol. The van der Waals surface area contributed by atoms with E-state index in [1.54, 1.807) is 4.90 Å². The Kier molecular flexibility index (Phi) is 5.65. The molecule has 1 aromatic carbocycles. The van der Waals surface area contributed by atoms with Gasteiger partial charge in [0.15, 0.2) is 0 Å². The van der Waals surface area contributed by atoms with Crippen LogP contribution in [0.1, 0.15) is 24.0 Å². The number of halogens is 1. The summed E-state index contributed by atoms with van der Waals surface area (Å²) in [4.78, 5) is 26.7. The third kappa shape index (κ3) is 3.85. The Morgan fingerprint density at radius 2 is 1.91 bits per heavy atom. The fourth-order valence-electron chi connectivity index (χ4n) is 3.37. The zero-order chi connectivity index (χ0) is 15.7. The molecule has 2 amide bonds. The molecule has 3 rings (SSSR count). The fourth-order valence-corrected chi connectivity index (χ4v) is 3.37. The second-order valence-electron chi connectivity index (χ2n) is 6.38. The molecule has 23 heavy (non-hydrogen) atoms. The highest BCUT2D eigenvalue weighted by atomic mass is 35.5. The van der Waals surface area contributed by atoms with Gasteiger partial charge in [-0.2, -0.15) is 0 Å².